The van der Waals surface area contributed by atoms with Crippen LogP contribution in [0.3, 0.4) is 0 Å². The third-order valence-corrected chi connectivity index (χ3v) is 4.95. The second-order valence-electron chi connectivity index (χ2n) is 6.74. The third kappa shape index (κ3) is 6.35. The van der Waals surface area contributed by atoms with E-state index in [1.807, 2.05) is 4.90 Å². The Morgan fingerprint density at radius 2 is 1.52 bits per heavy atom. The summed E-state index contributed by atoms with van der Waals surface area (Å²) in [5, 5.41) is 8.06. The number of rotatable bonds is 5. The summed E-state index contributed by atoms with van der Waals surface area (Å²) in [5.74, 6) is -0.725. The van der Waals surface area contributed by atoms with Gasteiger partial charge >= 0.3 is 6.03 Å². The first-order chi connectivity index (χ1) is 14.0. The van der Waals surface area contributed by atoms with E-state index in [1.54, 1.807) is 30.3 Å². The topological polar surface area (TPSA) is 104 Å². The van der Waals surface area contributed by atoms with Crippen molar-refractivity contribution in [3.8, 4) is 0 Å². The number of furan rings is 1. The molecule has 4 amide bonds. The van der Waals surface area contributed by atoms with Gasteiger partial charge in [-0.1, -0.05) is 12.8 Å². The second-order valence-corrected chi connectivity index (χ2v) is 7.52. The number of halogens is 1. The zero-order chi connectivity index (χ0) is 20.6. The molecule has 3 rings (SSSR count). The smallest absolute Gasteiger partial charge is 0.321 e. The lowest BCUT2D eigenvalue weighted by Crippen LogP contribution is -2.35. The highest BCUT2D eigenvalue weighted by atomic mass is 79.9. The van der Waals surface area contributed by atoms with Crippen LogP contribution in [0.15, 0.2) is 45.5 Å². The van der Waals surface area contributed by atoms with Crippen LogP contribution in [-0.4, -0.2) is 42.4 Å². The molecule has 1 saturated heterocycles. The molecule has 9 heteroatoms. The molecule has 1 aliphatic heterocycles. The number of anilines is 2. The molecule has 154 valence electrons. The predicted octanol–water partition coefficient (Wildman–Crippen LogP) is 3.82. The van der Waals surface area contributed by atoms with E-state index in [4.69, 9.17) is 4.42 Å². The fourth-order valence-corrected chi connectivity index (χ4v) is 3.31. The lowest BCUT2D eigenvalue weighted by molar-refractivity contribution is -0.115. The van der Waals surface area contributed by atoms with Crippen LogP contribution in [0.2, 0.25) is 0 Å². The van der Waals surface area contributed by atoms with Gasteiger partial charge in [-0.2, -0.15) is 0 Å². The minimum absolute atomic E-state index is 0.101. The molecule has 1 aliphatic rings. The molecular weight excluding hydrogens is 440 g/mol. The highest BCUT2D eigenvalue weighted by Crippen LogP contribution is 2.16. The highest BCUT2D eigenvalue weighted by molar-refractivity contribution is 9.10. The maximum Gasteiger partial charge on any atom is 0.321 e. The SMILES string of the molecule is O=C(CNC(=O)c1ccc(Br)o1)Nc1ccc(NC(=O)N2CCCCCC2)cc1. The largest absolute Gasteiger partial charge is 0.444 e. The number of carbonyl (C=O) groups is 3. The fraction of sp³-hybridized carbons (Fsp3) is 0.350. The van der Waals surface area contributed by atoms with Gasteiger partial charge in [0.25, 0.3) is 5.91 Å². The van der Waals surface area contributed by atoms with Crippen molar-refractivity contribution in [3.05, 3.63) is 46.8 Å². The first-order valence-corrected chi connectivity index (χ1v) is 10.3. The standard InChI is InChI=1S/C20H23BrN4O4/c21-17-10-9-16(29-17)19(27)22-13-18(26)23-14-5-7-15(8-6-14)24-20(28)25-11-3-1-2-4-12-25/h5-10H,1-4,11-13H2,(H,22,27)(H,23,26)(H,24,28). The zero-order valence-electron chi connectivity index (χ0n) is 15.9. The number of hydrogen-bond donors (Lipinski definition) is 3. The number of urea groups is 1. The van der Waals surface area contributed by atoms with E-state index in [1.165, 1.54) is 6.07 Å². The second kappa shape index (κ2) is 10.1. The molecule has 0 bridgehead atoms. The lowest BCUT2D eigenvalue weighted by Gasteiger charge is -2.20. The lowest BCUT2D eigenvalue weighted by atomic mass is 10.2. The monoisotopic (exact) mass is 462 g/mol. The first kappa shape index (κ1) is 20.9. The Hall–Kier alpha value is -2.81. The van der Waals surface area contributed by atoms with Crippen LogP contribution < -0.4 is 16.0 Å². The summed E-state index contributed by atoms with van der Waals surface area (Å²) >= 11 is 3.12. The molecule has 0 aliphatic carbocycles. The number of carbonyl (C=O) groups excluding carboxylic acids is 3. The number of nitrogens with one attached hydrogen (secondary N) is 3. The Labute approximate surface area is 177 Å². The van der Waals surface area contributed by atoms with Gasteiger partial charge in [0.15, 0.2) is 10.4 Å². The van der Waals surface area contributed by atoms with Gasteiger partial charge < -0.3 is 25.3 Å². The molecule has 0 atom stereocenters. The zero-order valence-corrected chi connectivity index (χ0v) is 17.5. The maximum atomic E-state index is 12.3. The molecule has 1 fully saturated rings. The highest BCUT2D eigenvalue weighted by Gasteiger charge is 2.15. The van der Waals surface area contributed by atoms with E-state index in [0.29, 0.717) is 16.0 Å². The van der Waals surface area contributed by atoms with Crippen LogP contribution in [0.5, 0.6) is 0 Å². The third-order valence-electron chi connectivity index (χ3n) is 4.52. The van der Waals surface area contributed by atoms with Gasteiger partial charge in [0, 0.05) is 24.5 Å². The Morgan fingerprint density at radius 1 is 0.897 bits per heavy atom. The summed E-state index contributed by atoms with van der Waals surface area (Å²) < 4.78 is 5.57. The van der Waals surface area contributed by atoms with E-state index < -0.39 is 5.91 Å². The van der Waals surface area contributed by atoms with Crippen LogP contribution in [-0.2, 0) is 4.79 Å². The Balaban J connectivity index is 1.45. The van der Waals surface area contributed by atoms with Crippen LogP contribution >= 0.6 is 15.9 Å². The van der Waals surface area contributed by atoms with Gasteiger partial charge in [0.1, 0.15) is 0 Å². The predicted molar refractivity (Wildman–Crippen MR) is 113 cm³/mol. The molecule has 2 heterocycles. The van der Waals surface area contributed by atoms with Crippen molar-refractivity contribution in [2.45, 2.75) is 25.7 Å². The molecule has 3 N–H and O–H groups in total. The van der Waals surface area contributed by atoms with Gasteiger partial charge in [-0.15, -0.1) is 0 Å². The summed E-state index contributed by atoms with van der Waals surface area (Å²) in [6, 6.07) is 9.85. The van der Waals surface area contributed by atoms with Crippen LogP contribution in [0.25, 0.3) is 0 Å². The average molecular weight is 463 g/mol. The molecular formula is C20H23BrN4O4. The van der Waals surface area contributed by atoms with Gasteiger partial charge in [-0.25, -0.2) is 4.79 Å². The minimum Gasteiger partial charge on any atom is -0.444 e. The number of hydrogen-bond acceptors (Lipinski definition) is 4. The van der Waals surface area contributed by atoms with Crippen molar-refractivity contribution in [1.82, 2.24) is 10.2 Å². The van der Waals surface area contributed by atoms with Crippen molar-refractivity contribution in [3.63, 3.8) is 0 Å². The molecule has 29 heavy (non-hydrogen) atoms. The molecule has 8 nitrogen and oxygen atoms in total. The summed E-state index contributed by atoms with van der Waals surface area (Å²) in [4.78, 5) is 38.1. The molecule has 1 aromatic carbocycles. The van der Waals surface area contributed by atoms with Gasteiger partial charge in [-0.3, -0.25) is 9.59 Å². The van der Waals surface area contributed by atoms with Crippen molar-refractivity contribution in [1.29, 1.82) is 0 Å². The number of benzene rings is 1. The summed E-state index contributed by atoms with van der Waals surface area (Å²) in [7, 11) is 0. The Bertz CT molecular complexity index is 858. The van der Waals surface area contributed by atoms with Crippen LogP contribution in [0.1, 0.15) is 36.2 Å². The van der Waals surface area contributed by atoms with Gasteiger partial charge in [0.05, 0.1) is 6.54 Å². The Morgan fingerprint density at radius 3 is 2.10 bits per heavy atom. The molecule has 0 radical (unpaired) electrons. The van der Waals surface area contributed by atoms with Crippen molar-refractivity contribution in [2.75, 3.05) is 30.3 Å². The molecule has 0 saturated carbocycles. The average Bonchev–Trinajstić information content (AvgIpc) is 2.97. The van der Waals surface area contributed by atoms with E-state index in [9.17, 15) is 14.4 Å². The van der Waals surface area contributed by atoms with Crippen molar-refractivity contribution in [2.24, 2.45) is 0 Å². The number of amides is 4. The quantitative estimate of drug-likeness (QED) is 0.627. The van der Waals surface area contributed by atoms with Crippen LogP contribution in [0.4, 0.5) is 16.2 Å². The minimum atomic E-state index is -0.475. The van der Waals surface area contributed by atoms with Gasteiger partial charge in [0.2, 0.25) is 5.91 Å². The normalized spacial score (nSPS) is 14.0. The molecule has 2 aromatic rings. The molecule has 0 unspecified atom stereocenters. The number of likely N-dealkylation sites (tertiary alicyclic amines) is 1. The summed E-state index contributed by atoms with van der Waals surface area (Å²) in [6.45, 7) is 1.37. The number of nitrogens with zero attached hydrogens (tertiary/aromatic N) is 1. The summed E-state index contributed by atoms with van der Waals surface area (Å²) in [5.41, 5.74) is 1.23. The van der Waals surface area contributed by atoms with Crippen LogP contribution in [0, 0.1) is 0 Å². The van der Waals surface area contributed by atoms with Gasteiger partial charge in [-0.05, 0) is 65.2 Å². The van der Waals surface area contributed by atoms with E-state index in [0.717, 1.165) is 38.8 Å². The van der Waals surface area contributed by atoms with Crippen molar-refractivity contribution >= 4 is 45.2 Å². The molecule has 1 aromatic heterocycles. The summed E-state index contributed by atoms with van der Waals surface area (Å²) in [6.07, 6.45) is 4.40. The van der Waals surface area contributed by atoms with Crippen molar-refractivity contribution < 1.29 is 18.8 Å². The first-order valence-electron chi connectivity index (χ1n) is 9.50. The molecule has 0 spiro atoms. The van der Waals surface area contributed by atoms with E-state index in [2.05, 4.69) is 31.9 Å². The van der Waals surface area contributed by atoms with E-state index >= 15 is 0 Å². The van der Waals surface area contributed by atoms with E-state index in [-0.39, 0.29) is 24.2 Å². The Kier molecular flexibility index (Phi) is 7.29. The maximum absolute atomic E-state index is 12.3. The fourth-order valence-electron chi connectivity index (χ4n) is 3.00.